The lowest BCUT2D eigenvalue weighted by atomic mass is 10.1. The molecule has 9 nitrogen and oxygen atoms in total. The highest BCUT2D eigenvalue weighted by Crippen LogP contribution is 2.32. The van der Waals surface area contributed by atoms with Crippen molar-refractivity contribution in [3.63, 3.8) is 0 Å². The van der Waals surface area contributed by atoms with Gasteiger partial charge in [0.25, 0.3) is 0 Å². The summed E-state index contributed by atoms with van der Waals surface area (Å²) in [5, 5.41) is 15.1. The van der Waals surface area contributed by atoms with Crippen LogP contribution in [-0.4, -0.2) is 57.0 Å². The lowest BCUT2D eigenvalue weighted by Gasteiger charge is -2.26. The number of fused-ring (bicyclic) bond motifs is 1. The van der Waals surface area contributed by atoms with Crippen molar-refractivity contribution in [3.05, 3.63) is 42.1 Å². The van der Waals surface area contributed by atoms with Gasteiger partial charge in [0.15, 0.2) is 5.82 Å². The van der Waals surface area contributed by atoms with Gasteiger partial charge in [-0.25, -0.2) is 18.7 Å². The van der Waals surface area contributed by atoms with E-state index in [0.717, 1.165) is 18.8 Å². The van der Waals surface area contributed by atoms with Gasteiger partial charge in [-0.15, -0.1) is 0 Å². The first-order valence-corrected chi connectivity index (χ1v) is 8.74. The Balaban J connectivity index is 1.76. The molecular formula is C18H19FN6O3. The summed E-state index contributed by atoms with van der Waals surface area (Å²) in [5.74, 6) is -0.393. The minimum absolute atomic E-state index is 0.113. The van der Waals surface area contributed by atoms with Crippen LogP contribution in [0.5, 0.6) is 0 Å². The van der Waals surface area contributed by atoms with Gasteiger partial charge in [0.1, 0.15) is 17.7 Å². The molecule has 0 bridgehead atoms. The number of halogens is 1. The number of morpholine rings is 1. The van der Waals surface area contributed by atoms with Crippen LogP contribution in [0, 0.1) is 5.82 Å². The smallest absolute Gasteiger partial charge is 0.409 e. The summed E-state index contributed by atoms with van der Waals surface area (Å²) in [5.41, 5.74) is 8.70. The Hall–Kier alpha value is -3.24. The molecule has 0 aliphatic carbocycles. The number of hydrogen-bond donors (Lipinski definition) is 3. The van der Waals surface area contributed by atoms with Crippen LogP contribution in [0.15, 0.2) is 30.6 Å². The normalized spacial score (nSPS) is 15.0. The van der Waals surface area contributed by atoms with Gasteiger partial charge >= 0.3 is 6.09 Å². The van der Waals surface area contributed by atoms with Gasteiger partial charge in [-0.05, 0) is 23.8 Å². The van der Waals surface area contributed by atoms with E-state index >= 15 is 0 Å². The number of hydrogen-bond acceptors (Lipinski definition) is 6. The second-order valence-electron chi connectivity index (χ2n) is 6.47. The van der Waals surface area contributed by atoms with Crippen molar-refractivity contribution < 1.29 is 19.0 Å². The molecule has 1 aromatic carbocycles. The fraction of sp³-hybridized carbons (Fsp3) is 0.278. The molecule has 3 heterocycles. The molecule has 2 aromatic heterocycles. The van der Waals surface area contributed by atoms with Crippen molar-refractivity contribution in [1.82, 2.24) is 19.5 Å². The number of nitrogens with zero attached hydrogens (tertiary/aromatic N) is 4. The highest BCUT2D eigenvalue weighted by molar-refractivity contribution is 5.89. The fourth-order valence-electron chi connectivity index (χ4n) is 3.35. The molecule has 1 amide bonds. The lowest BCUT2D eigenvalue weighted by molar-refractivity contribution is 0.0334. The van der Waals surface area contributed by atoms with Gasteiger partial charge in [0.05, 0.1) is 24.6 Å². The van der Waals surface area contributed by atoms with Gasteiger partial charge in [-0.1, -0.05) is 6.07 Å². The van der Waals surface area contributed by atoms with Crippen molar-refractivity contribution in [2.75, 3.05) is 37.4 Å². The van der Waals surface area contributed by atoms with E-state index in [1.54, 1.807) is 10.6 Å². The van der Waals surface area contributed by atoms with E-state index in [1.165, 1.54) is 18.5 Å². The quantitative estimate of drug-likeness (QED) is 0.628. The third kappa shape index (κ3) is 3.47. The number of nitrogens with one attached hydrogen (secondary N) is 1. The third-order valence-electron chi connectivity index (χ3n) is 4.67. The van der Waals surface area contributed by atoms with Gasteiger partial charge in [0.2, 0.25) is 0 Å². The highest BCUT2D eigenvalue weighted by atomic mass is 19.1. The summed E-state index contributed by atoms with van der Waals surface area (Å²) < 4.78 is 21.5. The van der Waals surface area contributed by atoms with Crippen LogP contribution >= 0.6 is 0 Å². The molecule has 0 radical (unpaired) electrons. The molecule has 1 aliphatic heterocycles. The summed E-state index contributed by atoms with van der Waals surface area (Å²) in [6.45, 7) is 3.62. The first-order valence-electron chi connectivity index (χ1n) is 8.74. The van der Waals surface area contributed by atoms with Crippen LogP contribution in [0.3, 0.4) is 0 Å². The largest absolute Gasteiger partial charge is 0.465 e. The van der Waals surface area contributed by atoms with E-state index < -0.39 is 11.9 Å². The van der Waals surface area contributed by atoms with Gasteiger partial charge < -0.3 is 15.6 Å². The van der Waals surface area contributed by atoms with Crippen LogP contribution in [-0.2, 0) is 11.3 Å². The fourth-order valence-corrected chi connectivity index (χ4v) is 3.35. The molecule has 3 aromatic rings. The van der Waals surface area contributed by atoms with Crippen molar-refractivity contribution in [2.24, 2.45) is 0 Å². The first-order chi connectivity index (χ1) is 13.5. The van der Waals surface area contributed by atoms with Crippen molar-refractivity contribution in [3.8, 4) is 11.1 Å². The van der Waals surface area contributed by atoms with Crippen LogP contribution in [0.25, 0.3) is 16.6 Å². The third-order valence-corrected chi connectivity index (χ3v) is 4.67. The molecule has 28 heavy (non-hydrogen) atoms. The summed E-state index contributed by atoms with van der Waals surface area (Å²) in [6, 6.07) is 6.19. The summed E-state index contributed by atoms with van der Waals surface area (Å²) in [7, 11) is 0. The number of carbonyl (C=O) groups is 1. The molecule has 1 aliphatic rings. The van der Waals surface area contributed by atoms with E-state index in [-0.39, 0.29) is 11.5 Å². The van der Waals surface area contributed by atoms with E-state index in [1.807, 2.05) is 11.4 Å². The molecule has 4 rings (SSSR count). The number of rotatable bonds is 4. The summed E-state index contributed by atoms with van der Waals surface area (Å²) >= 11 is 0. The molecule has 1 fully saturated rings. The first kappa shape index (κ1) is 18.1. The minimum atomic E-state index is -1.33. The molecule has 146 valence electrons. The number of benzene rings is 1. The van der Waals surface area contributed by atoms with Crippen molar-refractivity contribution >= 4 is 23.1 Å². The van der Waals surface area contributed by atoms with E-state index in [2.05, 4.69) is 15.0 Å². The van der Waals surface area contributed by atoms with E-state index in [0.29, 0.717) is 36.4 Å². The number of nitrogen functional groups attached to an aromatic ring is 1. The topological polar surface area (TPSA) is 118 Å². The van der Waals surface area contributed by atoms with Crippen molar-refractivity contribution in [1.29, 1.82) is 0 Å². The predicted octanol–water partition coefficient (Wildman–Crippen LogP) is 2.04. The molecule has 0 spiro atoms. The number of anilines is 2. The van der Waals surface area contributed by atoms with Crippen LogP contribution in [0.4, 0.5) is 20.7 Å². The Labute approximate surface area is 159 Å². The lowest BCUT2D eigenvalue weighted by Crippen LogP contribution is -2.36. The molecule has 0 unspecified atom stereocenters. The Bertz CT molecular complexity index is 1030. The van der Waals surface area contributed by atoms with Crippen LogP contribution in [0.2, 0.25) is 0 Å². The molecular weight excluding hydrogens is 367 g/mol. The molecule has 0 saturated carbocycles. The van der Waals surface area contributed by atoms with Crippen LogP contribution in [0.1, 0.15) is 5.69 Å². The Morgan fingerprint density at radius 3 is 2.82 bits per heavy atom. The number of amides is 1. The SMILES string of the molecule is Nc1ncnn2c(CN3CCOCC3)cc(-c3ccc(NC(=O)O)c(F)c3)c12. The maximum atomic E-state index is 14.4. The Morgan fingerprint density at radius 2 is 2.11 bits per heavy atom. The number of ether oxygens (including phenoxy) is 1. The van der Waals surface area contributed by atoms with Crippen LogP contribution < -0.4 is 11.1 Å². The average molecular weight is 386 g/mol. The monoisotopic (exact) mass is 386 g/mol. The summed E-state index contributed by atoms with van der Waals surface area (Å²) in [6.07, 6.45) is 0.0569. The zero-order chi connectivity index (χ0) is 19.7. The summed E-state index contributed by atoms with van der Waals surface area (Å²) in [4.78, 5) is 17.1. The molecule has 10 heteroatoms. The zero-order valence-corrected chi connectivity index (χ0v) is 14.9. The predicted molar refractivity (Wildman–Crippen MR) is 101 cm³/mol. The maximum absolute atomic E-state index is 14.4. The van der Waals surface area contributed by atoms with E-state index in [9.17, 15) is 9.18 Å². The Morgan fingerprint density at radius 1 is 1.32 bits per heavy atom. The van der Waals surface area contributed by atoms with Gasteiger partial charge in [0, 0.05) is 25.2 Å². The average Bonchev–Trinajstić information content (AvgIpc) is 3.04. The minimum Gasteiger partial charge on any atom is -0.465 e. The molecule has 0 atom stereocenters. The number of carboxylic acid groups (broad SMARTS) is 1. The van der Waals surface area contributed by atoms with Gasteiger partial charge in [-0.2, -0.15) is 5.10 Å². The second kappa shape index (κ2) is 7.41. The van der Waals surface area contributed by atoms with Gasteiger partial charge in [-0.3, -0.25) is 10.2 Å². The number of aromatic nitrogens is 3. The maximum Gasteiger partial charge on any atom is 0.409 e. The Kier molecular flexibility index (Phi) is 4.80. The highest BCUT2D eigenvalue weighted by Gasteiger charge is 2.19. The molecule has 1 saturated heterocycles. The second-order valence-corrected chi connectivity index (χ2v) is 6.47. The number of nitrogens with two attached hydrogens (primary N) is 1. The van der Waals surface area contributed by atoms with Crippen molar-refractivity contribution in [2.45, 2.75) is 6.54 Å². The molecule has 4 N–H and O–H groups in total. The van der Waals surface area contributed by atoms with E-state index in [4.69, 9.17) is 15.6 Å². The standard InChI is InChI=1S/C18H19FN6O3/c19-14-7-11(1-2-15(14)23-18(26)27)13-8-12(9-24-3-5-28-6-4-24)25-16(13)17(20)21-10-22-25/h1-2,7-8,10,23H,3-6,9H2,(H,26,27)(H2,20,21,22). The zero-order valence-electron chi connectivity index (χ0n) is 14.9.